The molecule has 0 amide bonds. The fraction of sp³-hybridized carbons (Fsp3) is 0.500. The summed E-state index contributed by atoms with van der Waals surface area (Å²) in [5.74, 6) is -0.0544. The molecule has 2 unspecified atom stereocenters. The van der Waals surface area contributed by atoms with Crippen molar-refractivity contribution >= 4 is 5.71 Å². The number of hydrogen-bond acceptors (Lipinski definition) is 4. The topological polar surface area (TPSA) is 67.6 Å². The molecule has 0 bridgehead atoms. The van der Waals surface area contributed by atoms with E-state index in [-0.39, 0.29) is 17.8 Å². The second-order valence-corrected chi connectivity index (χ2v) is 5.37. The summed E-state index contributed by atoms with van der Waals surface area (Å²) in [6, 6.07) is -0.0693. The molecule has 0 saturated heterocycles. The van der Waals surface area contributed by atoms with Crippen LogP contribution in [0.25, 0.3) is 0 Å². The average molecular weight is 264 g/mol. The van der Waals surface area contributed by atoms with Gasteiger partial charge in [-0.15, -0.1) is 0 Å². The first kappa shape index (κ1) is 14.0. The third-order valence-electron chi connectivity index (χ3n) is 3.42. The molecule has 0 aromatic heterocycles. The van der Waals surface area contributed by atoms with E-state index in [2.05, 4.69) is 9.89 Å². The van der Waals surface area contributed by atoms with Crippen LogP contribution >= 0.6 is 0 Å². The Morgan fingerprint density at radius 1 is 1.63 bits per heavy atom. The second-order valence-electron chi connectivity index (χ2n) is 5.37. The van der Waals surface area contributed by atoms with Crippen LogP contribution in [0.4, 0.5) is 4.39 Å². The minimum Gasteiger partial charge on any atom is -0.402 e. The predicted octanol–water partition coefficient (Wildman–Crippen LogP) is 1.32. The van der Waals surface area contributed by atoms with E-state index in [1.807, 2.05) is 20.2 Å². The van der Waals surface area contributed by atoms with Crippen LogP contribution in [0.1, 0.15) is 12.8 Å². The quantitative estimate of drug-likeness (QED) is 0.760. The monoisotopic (exact) mass is 264 g/mol. The summed E-state index contributed by atoms with van der Waals surface area (Å²) in [6.45, 7) is 0.920. The Kier molecular flexibility index (Phi) is 4.17. The highest BCUT2D eigenvalue weighted by molar-refractivity contribution is 6.10. The maximum atomic E-state index is 12.7. The molecule has 0 spiro atoms. The van der Waals surface area contributed by atoms with Gasteiger partial charge >= 0.3 is 0 Å². The molecule has 0 fully saturated rings. The van der Waals surface area contributed by atoms with Gasteiger partial charge in [0.1, 0.15) is 0 Å². The van der Waals surface area contributed by atoms with E-state index in [0.717, 1.165) is 24.3 Å². The molecular weight excluding hydrogens is 243 g/mol. The van der Waals surface area contributed by atoms with Crippen LogP contribution < -0.4 is 11.5 Å². The lowest BCUT2D eigenvalue weighted by molar-refractivity contribution is 0.395. The van der Waals surface area contributed by atoms with E-state index in [0.29, 0.717) is 12.1 Å². The number of allylic oxidation sites excluding steroid dienone is 3. The molecule has 0 radical (unpaired) electrons. The molecule has 2 aliphatic rings. The molecule has 4 N–H and O–H groups in total. The Balaban J connectivity index is 1.88. The number of nitrogens with zero attached hydrogens (tertiary/aromatic N) is 2. The molecule has 2 atom stereocenters. The van der Waals surface area contributed by atoms with Crippen LogP contribution in [0.5, 0.6) is 0 Å². The maximum Gasteiger partial charge on any atom is 0.0976 e. The van der Waals surface area contributed by atoms with E-state index < -0.39 is 0 Å². The lowest BCUT2D eigenvalue weighted by Crippen LogP contribution is -2.37. The maximum absolute atomic E-state index is 12.7. The first-order valence-electron chi connectivity index (χ1n) is 6.49. The minimum atomic E-state index is -0.0829. The molecule has 2 rings (SSSR count). The highest BCUT2D eigenvalue weighted by Crippen LogP contribution is 2.31. The van der Waals surface area contributed by atoms with Crippen molar-refractivity contribution in [3.8, 4) is 0 Å². The molecule has 1 aliphatic carbocycles. The zero-order valence-corrected chi connectivity index (χ0v) is 11.4. The highest BCUT2D eigenvalue weighted by atomic mass is 19.1. The van der Waals surface area contributed by atoms with Gasteiger partial charge in [0.2, 0.25) is 0 Å². The summed E-state index contributed by atoms with van der Waals surface area (Å²) in [4.78, 5) is 6.31. The molecular formula is C14H21FN4. The van der Waals surface area contributed by atoms with Crippen molar-refractivity contribution in [2.75, 3.05) is 20.6 Å². The van der Waals surface area contributed by atoms with Crippen LogP contribution in [0.3, 0.4) is 0 Å². The molecule has 0 saturated carbocycles. The van der Waals surface area contributed by atoms with Crippen molar-refractivity contribution < 1.29 is 4.39 Å². The van der Waals surface area contributed by atoms with Gasteiger partial charge < -0.3 is 16.4 Å². The standard InChI is InChI=1S/C14H21FN4/c1-19(2)4-3-12(16)14-10(8-18-14)7-13(17)9-5-11(15)6-9/h5,7-9,12H,3-4,6,16-17H2,1-2H3/b13-7-. The van der Waals surface area contributed by atoms with Gasteiger partial charge in [-0.25, -0.2) is 4.39 Å². The predicted molar refractivity (Wildman–Crippen MR) is 76.2 cm³/mol. The lowest BCUT2D eigenvalue weighted by Gasteiger charge is -2.24. The summed E-state index contributed by atoms with van der Waals surface area (Å²) in [6.07, 6.45) is 6.44. The van der Waals surface area contributed by atoms with Crippen molar-refractivity contribution in [3.05, 3.63) is 35.4 Å². The number of hydrogen-bond donors (Lipinski definition) is 2. The number of nitrogens with two attached hydrogens (primary N) is 2. The average Bonchev–Trinajstić information content (AvgIpc) is 2.27. The van der Waals surface area contributed by atoms with Gasteiger partial charge in [0.25, 0.3) is 0 Å². The van der Waals surface area contributed by atoms with E-state index in [1.165, 1.54) is 0 Å². The van der Waals surface area contributed by atoms with Crippen molar-refractivity contribution in [2.24, 2.45) is 22.4 Å². The summed E-state index contributed by atoms with van der Waals surface area (Å²) < 4.78 is 12.7. The largest absolute Gasteiger partial charge is 0.402 e. The van der Waals surface area contributed by atoms with E-state index >= 15 is 0 Å². The molecule has 1 heterocycles. The first-order valence-corrected chi connectivity index (χ1v) is 6.49. The Morgan fingerprint density at radius 3 is 2.79 bits per heavy atom. The zero-order chi connectivity index (χ0) is 14.0. The van der Waals surface area contributed by atoms with Crippen LogP contribution in [-0.4, -0.2) is 37.3 Å². The number of aliphatic imine (C=N–C) groups is 1. The van der Waals surface area contributed by atoms with Gasteiger partial charge in [-0.3, -0.25) is 4.99 Å². The summed E-state index contributed by atoms with van der Waals surface area (Å²) in [7, 11) is 4.03. The zero-order valence-electron chi connectivity index (χ0n) is 11.4. The lowest BCUT2D eigenvalue weighted by atomic mass is 9.88. The Labute approximate surface area is 113 Å². The van der Waals surface area contributed by atoms with Crippen molar-refractivity contribution in [1.29, 1.82) is 0 Å². The summed E-state index contributed by atoms with van der Waals surface area (Å²) in [5.41, 5.74) is 14.6. The molecule has 0 aromatic carbocycles. The van der Waals surface area contributed by atoms with Crippen molar-refractivity contribution in [2.45, 2.75) is 18.9 Å². The van der Waals surface area contributed by atoms with Crippen molar-refractivity contribution in [1.82, 2.24) is 4.90 Å². The molecule has 19 heavy (non-hydrogen) atoms. The molecule has 4 nitrogen and oxygen atoms in total. The molecule has 104 valence electrons. The van der Waals surface area contributed by atoms with Crippen LogP contribution in [0, 0.1) is 5.92 Å². The normalized spacial score (nSPS) is 24.2. The summed E-state index contributed by atoms with van der Waals surface area (Å²) in [5, 5.41) is 0. The van der Waals surface area contributed by atoms with Gasteiger partial charge in [-0.1, -0.05) is 0 Å². The van der Waals surface area contributed by atoms with Crippen LogP contribution in [0.15, 0.2) is 40.4 Å². The Morgan fingerprint density at radius 2 is 2.32 bits per heavy atom. The highest BCUT2D eigenvalue weighted by Gasteiger charge is 2.24. The Hall–Kier alpha value is -1.46. The van der Waals surface area contributed by atoms with Gasteiger partial charge in [-0.2, -0.15) is 0 Å². The SMILES string of the molecule is CN(C)CCC(N)C1=NC=C1/C=C(\N)C1C=C(F)C1. The fourth-order valence-corrected chi connectivity index (χ4v) is 2.06. The van der Waals surface area contributed by atoms with Gasteiger partial charge in [0.05, 0.1) is 11.5 Å². The molecule has 1 aliphatic heterocycles. The molecule has 0 aromatic rings. The van der Waals surface area contributed by atoms with E-state index in [9.17, 15) is 4.39 Å². The van der Waals surface area contributed by atoms with Gasteiger partial charge in [0.15, 0.2) is 0 Å². The van der Waals surface area contributed by atoms with Crippen LogP contribution in [-0.2, 0) is 0 Å². The molecule has 5 heteroatoms. The van der Waals surface area contributed by atoms with Crippen LogP contribution in [0.2, 0.25) is 0 Å². The smallest absolute Gasteiger partial charge is 0.0976 e. The van der Waals surface area contributed by atoms with Gasteiger partial charge in [-0.05, 0) is 39.2 Å². The fourth-order valence-electron chi connectivity index (χ4n) is 2.06. The van der Waals surface area contributed by atoms with E-state index in [4.69, 9.17) is 11.5 Å². The second kappa shape index (κ2) is 5.67. The number of halogens is 1. The first-order chi connectivity index (χ1) is 8.97. The third-order valence-corrected chi connectivity index (χ3v) is 3.42. The minimum absolute atomic E-state index is 0.0285. The third kappa shape index (κ3) is 3.30. The van der Waals surface area contributed by atoms with E-state index in [1.54, 1.807) is 12.3 Å². The van der Waals surface area contributed by atoms with Crippen molar-refractivity contribution in [3.63, 3.8) is 0 Å². The Bertz CT molecular complexity index is 474. The summed E-state index contributed by atoms with van der Waals surface area (Å²) >= 11 is 0. The number of rotatable bonds is 6. The van der Waals surface area contributed by atoms with Gasteiger partial charge in [0, 0.05) is 35.9 Å².